The van der Waals surface area contributed by atoms with E-state index in [0.717, 1.165) is 11.6 Å². The smallest absolute Gasteiger partial charge is 0.273 e. The summed E-state index contributed by atoms with van der Waals surface area (Å²) in [7, 11) is 0. The number of carbonyl (C=O) groups excluding carboxylic acids is 1. The Morgan fingerprint density at radius 2 is 2.20 bits per heavy atom. The van der Waals surface area contributed by atoms with Crippen LogP contribution in [-0.2, 0) is 11.2 Å². The third-order valence-corrected chi connectivity index (χ3v) is 2.55. The molecule has 2 rings (SSSR count). The van der Waals surface area contributed by atoms with E-state index in [-0.39, 0.29) is 29.5 Å². The van der Waals surface area contributed by atoms with Gasteiger partial charge < -0.3 is 10.4 Å². The summed E-state index contributed by atoms with van der Waals surface area (Å²) in [5.74, 6) is -0.694. The Bertz CT molecular complexity index is 643. The summed E-state index contributed by atoms with van der Waals surface area (Å²) >= 11 is 0. The maximum Gasteiger partial charge on any atom is 0.273 e. The Hall–Kier alpha value is -2.96. The van der Waals surface area contributed by atoms with Crippen LogP contribution in [0.5, 0.6) is 5.75 Å². The van der Waals surface area contributed by atoms with Gasteiger partial charge in [-0.1, -0.05) is 6.07 Å². The molecule has 0 saturated heterocycles. The summed E-state index contributed by atoms with van der Waals surface area (Å²) < 4.78 is 0. The first-order chi connectivity index (χ1) is 9.56. The fraction of sp³-hybridized carbons (Fsp3) is 0.0769. The van der Waals surface area contributed by atoms with E-state index in [0.29, 0.717) is 0 Å². The molecule has 102 valence electrons. The Kier molecular flexibility index (Phi) is 3.90. The number of amides is 1. The van der Waals surface area contributed by atoms with Crippen LogP contribution in [0, 0.1) is 10.1 Å². The number of phenolic OH excluding ortho intramolecular Hbond substituents is 1. The number of rotatable bonds is 4. The minimum Gasteiger partial charge on any atom is -0.506 e. The predicted octanol–water partition coefficient (Wildman–Crippen LogP) is 1.88. The number of aromatic hydroxyl groups is 1. The number of hydrogen-bond acceptors (Lipinski definition) is 5. The molecule has 0 aliphatic rings. The first kappa shape index (κ1) is 13.5. The summed E-state index contributed by atoms with van der Waals surface area (Å²) in [6.07, 6.45) is 3.27. The van der Waals surface area contributed by atoms with Gasteiger partial charge in [0.15, 0.2) is 0 Å². The van der Waals surface area contributed by atoms with Crippen LogP contribution in [0.4, 0.5) is 11.4 Å². The summed E-state index contributed by atoms with van der Waals surface area (Å²) in [6, 6.07) is 6.95. The van der Waals surface area contributed by atoms with Crippen LogP contribution in [0.1, 0.15) is 5.56 Å². The molecule has 2 N–H and O–H groups in total. The van der Waals surface area contributed by atoms with Crippen LogP contribution in [0.15, 0.2) is 42.7 Å². The molecule has 0 bridgehead atoms. The Balaban J connectivity index is 2.06. The number of aromatic nitrogens is 1. The van der Waals surface area contributed by atoms with Crippen molar-refractivity contribution in [3.8, 4) is 5.75 Å². The molecular weight excluding hydrogens is 262 g/mol. The van der Waals surface area contributed by atoms with Crippen molar-refractivity contribution in [2.45, 2.75) is 6.42 Å². The third-order valence-electron chi connectivity index (χ3n) is 2.55. The topological polar surface area (TPSA) is 105 Å². The molecule has 0 aliphatic heterocycles. The largest absolute Gasteiger partial charge is 0.506 e. The minimum atomic E-state index is -0.624. The van der Waals surface area contributed by atoms with Crippen LogP contribution in [0.3, 0.4) is 0 Å². The van der Waals surface area contributed by atoms with Gasteiger partial charge in [0.05, 0.1) is 23.1 Å². The molecule has 0 saturated carbocycles. The Morgan fingerprint density at radius 1 is 1.40 bits per heavy atom. The summed E-state index contributed by atoms with van der Waals surface area (Å²) in [5.41, 5.74) is 0.614. The minimum absolute atomic E-state index is 0.101. The second kappa shape index (κ2) is 5.79. The number of non-ortho nitro benzene ring substituents is 1. The van der Waals surface area contributed by atoms with Crippen molar-refractivity contribution < 1.29 is 14.8 Å². The highest BCUT2D eigenvalue weighted by molar-refractivity contribution is 5.93. The monoisotopic (exact) mass is 273 g/mol. The number of hydrogen-bond donors (Lipinski definition) is 2. The molecular formula is C13H11N3O4. The molecule has 0 unspecified atom stereocenters. The summed E-state index contributed by atoms with van der Waals surface area (Å²) in [6.45, 7) is 0. The number of anilines is 1. The second-order valence-corrected chi connectivity index (χ2v) is 4.04. The van der Waals surface area contributed by atoms with Crippen LogP contribution >= 0.6 is 0 Å². The molecule has 7 heteroatoms. The van der Waals surface area contributed by atoms with Gasteiger partial charge in [-0.05, 0) is 17.7 Å². The highest BCUT2D eigenvalue weighted by Crippen LogP contribution is 2.27. The van der Waals surface area contributed by atoms with Gasteiger partial charge in [0.25, 0.3) is 5.69 Å². The predicted molar refractivity (Wildman–Crippen MR) is 71.3 cm³/mol. The number of nitrogens with one attached hydrogen (secondary N) is 1. The van der Waals surface area contributed by atoms with Gasteiger partial charge >= 0.3 is 0 Å². The molecule has 0 atom stereocenters. The van der Waals surface area contributed by atoms with Gasteiger partial charge in [0, 0.05) is 18.5 Å². The maximum atomic E-state index is 11.8. The Labute approximate surface area is 114 Å². The lowest BCUT2D eigenvalue weighted by atomic mass is 10.2. The summed E-state index contributed by atoms with van der Waals surface area (Å²) in [5, 5.41) is 22.6. The number of nitro groups is 1. The molecule has 0 fully saturated rings. The molecule has 1 aromatic carbocycles. The maximum absolute atomic E-state index is 11.8. The lowest BCUT2D eigenvalue weighted by molar-refractivity contribution is -0.384. The van der Waals surface area contributed by atoms with Gasteiger partial charge in [0.1, 0.15) is 5.75 Å². The van der Waals surface area contributed by atoms with Crippen molar-refractivity contribution in [1.82, 2.24) is 4.98 Å². The zero-order valence-electron chi connectivity index (χ0n) is 10.3. The zero-order valence-corrected chi connectivity index (χ0v) is 10.3. The SMILES string of the molecule is O=C(Cc1cccnc1)Nc1ccc([N+](=O)[O-])cc1O. The van der Waals surface area contributed by atoms with Gasteiger partial charge in [-0.25, -0.2) is 0 Å². The van der Waals surface area contributed by atoms with E-state index in [1.807, 2.05) is 0 Å². The number of benzene rings is 1. The standard InChI is InChI=1S/C13H11N3O4/c17-12-7-10(16(19)20)3-4-11(12)15-13(18)6-9-2-1-5-14-8-9/h1-5,7-8,17H,6H2,(H,15,18). The Morgan fingerprint density at radius 3 is 2.80 bits per heavy atom. The van der Waals surface area contributed by atoms with E-state index < -0.39 is 4.92 Å². The summed E-state index contributed by atoms with van der Waals surface area (Å²) in [4.78, 5) is 25.6. The first-order valence-electron chi connectivity index (χ1n) is 5.72. The van der Waals surface area contributed by atoms with Gasteiger partial charge in [-0.15, -0.1) is 0 Å². The van der Waals surface area contributed by atoms with E-state index in [4.69, 9.17) is 0 Å². The molecule has 0 aliphatic carbocycles. The van der Waals surface area contributed by atoms with Crippen LogP contribution in [0.2, 0.25) is 0 Å². The molecule has 1 heterocycles. The molecule has 7 nitrogen and oxygen atoms in total. The van der Waals surface area contributed by atoms with Crippen molar-refractivity contribution in [1.29, 1.82) is 0 Å². The third kappa shape index (κ3) is 3.29. The number of pyridine rings is 1. The van der Waals surface area contributed by atoms with Crippen molar-refractivity contribution >= 4 is 17.3 Å². The molecule has 1 amide bonds. The number of nitrogens with zero attached hydrogens (tertiary/aromatic N) is 2. The zero-order chi connectivity index (χ0) is 14.5. The van der Waals surface area contributed by atoms with E-state index in [1.54, 1.807) is 24.5 Å². The van der Waals surface area contributed by atoms with E-state index in [1.165, 1.54) is 12.1 Å². The molecule has 2 aromatic rings. The first-order valence-corrected chi connectivity index (χ1v) is 5.72. The van der Waals surface area contributed by atoms with Gasteiger partial charge in [0.2, 0.25) is 5.91 Å². The van der Waals surface area contributed by atoms with E-state index >= 15 is 0 Å². The van der Waals surface area contributed by atoms with Gasteiger partial charge in [-0.2, -0.15) is 0 Å². The van der Waals surface area contributed by atoms with Crippen molar-refractivity contribution in [3.63, 3.8) is 0 Å². The van der Waals surface area contributed by atoms with E-state index in [9.17, 15) is 20.0 Å². The second-order valence-electron chi connectivity index (χ2n) is 4.04. The van der Waals surface area contributed by atoms with Crippen molar-refractivity contribution in [3.05, 3.63) is 58.4 Å². The molecule has 1 aromatic heterocycles. The van der Waals surface area contributed by atoms with Crippen LogP contribution < -0.4 is 5.32 Å². The van der Waals surface area contributed by atoms with Crippen LogP contribution in [-0.4, -0.2) is 20.9 Å². The van der Waals surface area contributed by atoms with Crippen molar-refractivity contribution in [2.24, 2.45) is 0 Å². The highest BCUT2D eigenvalue weighted by Gasteiger charge is 2.12. The molecule has 0 spiro atoms. The fourth-order valence-electron chi connectivity index (χ4n) is 1.62. The lowest BCUT2D eigenvalue weighted by Crippen LogP contribution is -2.14. The fourth-order valence-corrected chi connectivity index (χ4v) is 1.62. The molecule has 20 heavy (non-hydrogen) atoms. The molecule has 0 radical (unpaired) electrons. The number of carbonyl (C=O) groups is 1. The lowest BCUT2D eigenvalue weighted by Gasteiger charge is -2.07. The van der Waals surface area contributed by atoms with Crippen LogP contribution in [0.25, 0.3) is 0 Å². The highest BCUT2D eigenvalue weighted by atomic mass is 16.6. The normalized spacial score (nSPS) is 10.0. The average molecular weight is 273 g/mol. The number of nitro benzene ring substituents is 1. The van der Waals surface area contributed by atoms with Crippen molar-refractivity contribution in [2.75, 3.05) is 5.32 Å². The van der Waals surface area contributed by atoms with E-state index in [2.05, 4.69) is 10.3 Å². The number of phenols is 1. The average Bonchev–Trinajstić information content (AvgIpc) is 2.42. The van der Waals surface area contributed by atoms with Gasteiger partial charge in [-0.3, -0.25) is 19.9 Å². The quantitative estimate of drug-likeness (QED) is 0.502.